The molecule has 2 rings (SSSR count). The van der Waals surface area contributed by atoms with Crippen LogP contribution < -0.4 is 4.74 Å². The molecular weight excluding hydrogens is 352 g/mol. The monoisotopic (exact) mass is 384 g/mol. The van der Waals surface area contributed by atoms with Crippen molar-refractivity contribution in [1.82, 2.24) is 0 Å². The van der Waals surface area contributed by atoms with E-state index in [2.05, 4.69) is 19.1 Å². The Balaban J connectivity index is 2.07. The first-order valence-corrected chi connectivity index (χ1v) is 9.83. The lowest BCUT2D eigenvalue weighted by Gasteiger charge is -2.16. The van der Waals surface area contributed by atoms with Crippen molar-refractivity contribution in [2.75, 3.05) is 0 Å². The van der Waals surface area contributed by atoms with Crippen LogP contribution in [-0.2, 0) is 19.8 Å². The van der Waals surface area contributed by atoms with Crippen molar-refractivity contribution in [3.8, 4) is 5.75 Å². The molecule has 3 N–H and O–H groups in total. The van der Waals surface area contributed by atoms with Crippen LogP contribution in [0.1, 0.15) is 62.3 Å². The molecule has 0 bridgehead atoms. The molecule has 0 heterocycles. The predicted octanol–water partition coefficient (Wildman–Crippen LogP) is 4.59. The van der Waals surface area contributed by atoms with Crippen LogP contribution in [0.15, 0.2) is 48.5 Å². The minimum absolute atomic E-state index is 0.0847. The van der Waals surface area contributed by atoms with Gasteiger partial charge in [0.2, 0.25) is 0 Å². The number of hydrogen-bond donors (Lipinski definition) is 3. The molecule has 152 valence electrons. The molecule has 0 fully saturated rings. The lowest BCUT2D eigenvalue weighted by molar-refractivity contribution is 0.0722. The molecule has 4 heteroatoms. The van der Waals surface area contributed by atoms with Crippen molar-refractivity contribution < 1.29 is 20.1 Å². The first kappa shape index (κ1) is 22.2. The Bertz CT molecular complexity index is 787. The largest absolute Gasteiger partial charge is 0.489 e. The third-order valence-corrected chi connectivity index (χ3v) is 4.75. The first-order valence-electron chi connectivity index (χ1n) is 9.83. The summed E-state index contributed by atoms with van der Waals surface area (Å²) in [5.41, 5.74) is 4.12. The van der Waals surface area contributed by atoms with E-state index in [1.165, 1.54) is 5.57 Å². The number of ether oxygens (including phenoxy) is 1. The van der Waals surface area contributed by atoms with Gasteiger partial charge in [0.25, 0.3) is 0 Å². The van der Waals surface area contributed by atoms with E-state index in [0.29, 0.717) is 6.61 Å². The molecule has 0 unspecified atom stereocenters. The zero-order valence-corrected chi connectivity index (χ0v) is 17.1. The van der Waals surface area contributed by atoms with Crippen LogP contribution in [0.3, 0.4) is 0 Å². The van der Waals surface area contributed by atoms with Crippen LogP contribution in [0.4, 0.5) is 0 Å². The van der Waals surface area contributed by atoms with Gasteiger partial charge in [-0.05, 0) is 79.1 Å². The van der Waals surface area contributed by atoms with E-state index in [-0.39, 0.29) is 13.2 Å². The number of benzene rings is 2. The molecule has 4 nitrogen and oxygen atoms in total. The summed E-state index contributed by atoms with van der Waals surface area (Å²) in [5.74, 6) is 0.788. The SMILES string of the molecule is CC/C(=C\CCC(C)(C)O)c1cccc(OCc2ccc(CO)c(CO)c2)c1. The summed E-state index contributed by atoms with van der Waals surface area (Å²) in [6.45, 7) is 5.99. The summed E-state index contributed by atoms with van der Waals surface area (Å²) in [6, 6.07) is 13.6. The maximum atomic E-state index is 9.89. The lowest BCUT2D eigenvalue weighted by Crippen LogP contribution is -2.17. The summed E-state index contributed by atoms with van der Waals surface area (Å²) in [5, 5.41) is 28.6. The molecule has 0 aliphatic carbocycles. The van der Waals surface area contributed by atoms with Crippen molar-refractivity contribution in [2.24, 2.45) is 0 Å². The third-order valence-electron chi connectivity index (χ3n) is 4.75. The van der Waals surface area contributed by atoms with Gasteiger partial charge in [0.1, 0.15) is 12.4 Å². The smallest absolute Gasteiger partial charge is 0.120 e. The predicted molar refractivity (Wildman–Crippen MR) is 113 cm³/mol. The fourth-order valence-electron chi connectivity index (χ4n) is 3.09. The number of rotatable bonds is 10. The molecule has 0 amide bonds. The molecule has 2 aromatic carbocycles. The minimum Gasteiger partial charge on any atom is -0.489 e. The second kappa shape index (κ2) is 10.4. The molecule has 0 radical (unpaired) electrons. The number of hydrogen-bond acceptors (Lipinski definition) is 4. The Morgan fingerprint density at radius 3 is 2.43 bits per heavy atom. The molecule has 2 aromatic rings. The quantitative estimate of drug-likeness (QED) is 0.560. The zero-order valence-electron chi connectivity index (χ0n) is 17.1. The standard InChI is InChI=1S/C24H32O4/c1-4-19(8-6-12-24(2,3)27)20-7-5-9-23(14-20)28-17-18-10-11-21(15-25)22(13-18)16-26/h5,7-11,13-14,25-27H,4,6,12,15-17H2,1-3H3/b19-8+. The van der Waals surface area contributed by atoms with Gasteiger partial charge in [0.15, 0.2) is 0 Å². The fraction of sp³-hybridized carbons (Fsp3) is 0.417. The highest BCUT2D eigenvalue weighted by Gasteiger charge is 2.11. The molecule has 0 aromatic heterocycles. The second-order valence-electron chi connectivity index (χ2n) is 7.67. The van der Waals surface area contributed by atoms with Crippen LogP contribution >= 0.6 is 0 Å². The average Bonchev–Trinajstić information content (AvgIpc) is 2.68. The van der Waals surface area contributed by atoms with Crippen molar-refractivity contribution >= 4 is 5.57 Å². The minimum atomic E-state index is -0.653. The normalized spacial score (nSPS) is 12.3. The van der Waals surface area contributed by atoms with E-state index in [4.69, 9.17) is 4.74 Å². The molecule has 0 saturated heterocycles. The fourth-order valence-corrected chi connectivity index (χ4v) is 3.09. The van der Waals surface area contributed by atoms with Crippen LogP contribution in [-0.4, -0.2) is 20.9 Å². The Morgan fingerprint density at radius 2 is 1.79 bits per heavy atom. The summed E-state index contributed by atoms with van der Waals surface area (Å²) in [6.07, 6.45) is 4.67. The Labute approximate surface area is 168 Å². The van der Waals surface area contributed by atoms with Gasteiger partial charge in [0.05, 0.1) is 18.8 Å². The molecule has 0 atom stereocenters. The van der Waals surface area contributed by atoms with E-state index in [9.17, 15) is 15.3 Å². The topological polar surface area (TPSA) is 69.9 Å². The summed E-state index contributed by atoms with van der Waals surface area (Å²) >= 11 is 0. The van der Waals surface area contributed by atoms with Crippen LogP contribution in [0, 0.1) is 0 Å². The Morgan fingerprint density at radius 1 is 1.04 bits per heavy atom. The Hall–Kier alpha value is -2.14. The van der Waals surface area contributed by atoms with Crippen molar-refractivity contribution in [2.45, 2.75) is 65.5 Å². The van der Waals surface area contributed by atoms with Gasteiger partial charge in [-0.15, -0.1) is 0 Å². The molecule has 0 saturated carbocycles. The van der Waals surface area contributed by atoms with Crippen LogP contribution in [0.25, 0.3) is 5.57 Å². The van der Waals surface area contributed by atoms with Gasteiger partial charge >= 0.3 is 0 Å². The third kappa shape index (κ3) is 6.79. The van der Waals surface area contributed by atoms with Crippen molar-refractivity contribution in [3.63, 3.8) is 0 Å². The van der Waals surface area contributed by atoms with Crippen molar-refractivity contribution in [1.29, 1.82) is 0 Å². The van der Waals surface area contributed by atoms with Crippen molar-refractivity contribution in [3.05, 3.63) is 70.8 Å². The maximum Gasteiger partial charge on any atom is 0.120 e. The Kier molecular flexibility index (Phi) is 8.24. The number of aliphatic hydroxyl groups excluding tert-OH is 2. The van der Waals surface area contributed by atoms with E-state index in [0.717, 1.165) is 47.3 Å². The molecule has 0 aliphatic heterocycles. The summed E-state index contributed by atoms with van der Waals surface area (Å²) < 4.78 is 5.95. The van der Waals surface area contributed by atoms with Gasteiger partial charge < -0.3 is 20.1 Å². The highest BCUT2D eigenvalue weighted by molar-refractivity contribution is 5.66. The van der Waals surface area contributed by atoms with Gasteiger partial charge in [-0.1, -0.05) is 37.3 Å². The molecule has 28 heavy (non-hydrogen) atoms. The summed E-state index contributed by atoms with van der Waals surface area (Å²) in [7, 11) is 0. The average molecular weight is 385 g/mol. The van der Waals surface area contributed by atoms with Gasteiger partial charge in [0, 0.05) is 0 Å². The van der Waals surface area contributed by atoms with E-state index < -0.39 is 5.60 Å². The van der Waals surface area contributed by atoms with E-state index >= 15 is 0 Å². The highest BCUT2D eigenvalue weighted by Crippen LogP contribution is 2.25. The van der Waals surface area contributed by atoms with Crippen LogP contribution in [0.2, 0.25) is 0 Å². The van der Waals surface area contributed by atoms with E-state index in [1.54, 1.807) is 0 Å². The maximum absolute atomic E-state index is 9.89. The second-order valence-corrected chi connectivity index (χ2v) is 7.67. The lowest BCUT2D eigenvalue weighted by atomic mass is 9.98. The summed E-state index contributed by atoms with van der Waals surface area (Å²) in [4.78, 5) is 0. The molecule has 0 aliphatic rings. The number of aliphatic hydroxyl groups is 3. The molecule has 0 spiro atoms. The molecular formula is C24H32O4. The number of allylic oxidation sites excluding steroid dienone is 2. The van der Waals surface area contributed by atoms with Gasteiger partial charge in [-0.3, -0.25) is 0 Å². The van der Waals surface area contributed by atoms with Crippen LogP contribution in [0.5, 0.6) is 5.75 Å². The van der Waals surface area contributed by atoms with Gasteiger partial charge in [-0.25, -0.2) is 0 Å². The van der Waals surface area contributed by atoms with Gasteiger partial charge in [-0.2, -0.15) is 0 Å². The zero-order chi connectivity index (χ0) is 20.6. The highest BCUT2D eigenvalue weighted by atomic mass is 16.5. The first-order chi connectivity index (χ1) is 13.4. The van der Waals surface area contributed by atoms with E-state index in [1.807, 2.05) is 50.2 Å².